The summed E-state index contributed by atoms with van der Waals surface area (Å²) < 4.78 is 0.882. The Morgan fingerprint density at radius 3 is 1.68 bits per heavy atom. The maximum atomic E-state index is 13.8. The van der Waals surface area contributed by atoms with E-state index in [0.29, 0.717) is 11.1 Å². The van der Waals surface area contributed by atoms with Crippen LogP contribution in [-0.4, -0.2) is 11.0 Å². The van der Waals surface area contributed by atoms with Gasteiger partial charge in [0.2, 0.25) is 0 Å². The van der Waals surface area contributed by atoms with Crippen LogP contribution in [0.2, 0.25) is 0 Å². The fourth-order valence-electron chi connectivity index (χ4n) is 3.72. The Morgan fingerprint density at radius 1 is 0.710 bits per heavy atom. The van der Waals surface area contributed by atoms with Gasteiger partial charge in [0, 0.05) is 4.47 Å². The molecule has 2 N–H and O–H groups in total. The van der Waals surface area contributed by atoms with E-state index in [-0.39, 0.29) is 0 Å². The van der Waals surface area contributed by atoms with Gasteiger partial charge in [0.15, 0.2) is 5.60 Å². The molecular weight excluding hydrogens is 450 g/mol. The first-order chi connectivity index (χ1) is 15.1. The van der Waals surface area contributed by atoms with Crippen LogP contribution >= 0.6 is 15.9 Å². The molecule has 4 aromatic rings. The molecule has 1 amide bonds. The molecular formula is C27H22BrNO2. The highest BCUT2D eigenvalue weighted by Gasteiger charge is 2.41. The largest absolute Gasteiger partial charge is 0.372 e. The van der Waals surface area contributed by atoms with Gasteiger partial charge in [0.25, 0.3) is 5.91 Å². The summed E-state index contributed by atoms with van der Waals surface area (Å²) >= 11 is 3.61. The predicted molar refractivity (Wildman–Crippen MR) is 126 cm³/mol. The minimum Gasteiger partial charge on any atom is -0.372 e. The zero-order valence-corrected chi connectivity index (χ0v) is 18.4. The first-order valence-corrected chi connectivity index (χ1v) is 10.8. The van der Waals surface area contributed by atoms with Gasteiger partial charge in [-0.1, -0.05) is 125 Å². The number of hydrogen-bond acceptors (Lipinski definition) is 2. The van der Waals surface area contributed by atoms with Gasteiger partial charge in [-0.3, -0.25) is 4.79 Å². The van der Waals surface area contributed by atoms with Crippen LogP contribution in [0.15, 0.2) is 120 Å². The predicted octanol–water partition coefficient (Wildman–Crippen LogP) is 5.59. The van der Waals surface area contributed by atoms with Crippen molar-refractivity contribution in [1.29, 1.82) is 0 Å². The molecule has 0 saturated heterocycles. The lowest BCUT2D eigenvalue weighted by molar-refractivity contribution is -0.137. The van der Waals surface area contributed by atoms with E-state index in [2.05, 4.69) is 21.2 Å². The summed E-state index contributed by atoms with van der Waals surface area (Å²) in [5.41, 5.74) is 1.02. The number of benzene rings is 4. The van der Waals surface area contributed by atoms with Crippen molar-refractivity contribution in [3.05, 3.63) is 142 Å². The molecule has 0 unspecified atom stereocenters. The molecule has 3 nitrogen and oxygen atoms in total. The summed E-state index contributed by atoms with van der Waals surface area (Å²) in [4.78, 5) is 13.8. The fourth-order valence-corrected chi connectivity index (χ4v) is 4.23. The first kappa shape index (κ1) is 21.0. The quantitative estimate of drug-likeness (QED) is 0.384. The van der Waals surface area contributed by atoms with Gasteiger partial charge in [-0.2, -0.15) is 0 Å². The standard InChI is InChI=1S/C27H22BrNO2/c28-24-19-11-10-18-23(24)25(20-12-4-1-5-13-20)29-26(30)27(31,21-14-6-2-7-15-21)22-16-8-3-9-17-22/h1-19,25,31H,(H,29,30)/t25-/m0/s1. The number of carbonyl (C=O) groups is 1. The number of aliphatic hydroxyl groups is 1. The molecule has 31 heavy (non-hydrogen) atoms. The van der Waals surface area contributed by atoms with Gasteiger partial charge < -0.3 is 10.4 Å². The normalized spacial score (nSPS) is 12.2. The second kappa shape index (κ2) is 9.29. The van der Waals surface area contributed by atoms with Crippen molar-refractivity contribution in [2.45, 2.75) is 11.6 Å². The van der Waals surface area contributed by atoms with E-state index in [9.17, 15) is 9.90 Å². The summed E-state index contributed by atoms with van der Waals surface area (Å²) in [5, 5.41) is 14.9. The summed E-state index contributed by atoms with van der Waals surface area (Å²) in [6.45, 7) is 0. The molecule has 1 atom stereocenters. The SMILES string of the molecule is O=C(N[C@@H](c1ccccc1)c1ccccc1Br)C(O)(c1ccccc1)c1ccccc1. The van der Waals surface area contributed by atoms with Crippen LogP contribution in [0.3, 0.4) is 0 Å². The van der Waals surface area contributed by atoms with Gasteiger partial charge in [-0.15, -0.1) is 0 Å². The molecule has 0 heterocycles. The number of halogens is 1. The molecule has 0 aromatic heterocycles. The molecule has 0 spiro atoms. The molecule has 0 aliphatic rings. The minimum absolute atomic E-state index is 0.441. The lowest BCUT2D eigenvalue weighted by atomic mass is 9.84. The van der Waals surface area contributed by atoms with Gasteiger partial charge in [-0.25, -0.2) is 0 Å². The second-order valence-corrected chi connectivity index (χ2v) is 8.14. The van der Waals surface area contributed by atoms with E-state index in [1.54, 1.807) is 24.3 Å². The summed E-state index contributed by atoms with van der Waals surface area (Å²) in [6.07, 6.45) is 0. The molecule has 4 aromatic carbocycles. The van der Waals surface area contributed by atoms with Crippen LogP contribution < -0.4 is 5.32 Å². The monoisotopic (exact) mass is 471 g/mol. The van der Waals surface area contributed by atoms with E-state index in [1.165, 1.54) is 0 Å². The number of hydrogen-bond donors (Lipinski definition) is 2. The Bertz CT molecular complexity index is 1110. The van der Waals surface area contributed by atoms with E-state index in [0.717, 1.165) is 15.6 Å². The summed E-state index contributed by atoms with van der Waals surface area (Å²) in [7, 11) is 0. The van der Waals surface area contributed by atoms with Crippen LogP contribution in [-0.2, 0) is 10.4 Å². The number of carbonyl (C=O) groups excluding carboxylic acids is 1. The van der Waals surface area contributed by atoms with Crippen molar-refractivity contribution in [3.63, 3.8) is 0 Å². The molecule has 0 aliphatic carbocycles. The zero-order valence-electron chi connectivity index (χ0n) is 16.8. The smallest absolute Gasteiger partial charge is 0.262 e. The molecule has 0 fully saturated rings. The molecule has 0 radical (unpaired) electrons. The van der Waals surface area contributed by atoms with Gasteiger partial charge in [0.1, 0.15) is 0 Å². The highest BCUT2D eigenvalue weighted by atomic mass is 79.9. The second-order valence-electron chi connectivity index (χ2n) is 7.28. The van der Waals surface area contributed by atoms with Gasteiger partial charge in [0.05, 0.1) is 6.04 Å². The third-order valence-electron chi connectivity index (χ3n) is 5.34. The van der Waals surface area contributed by atoms with E-state index < -0.39 is 17.6 Å². The molecule has 154 valence electrons. The van der Waals surface area contributed by atoms with Crippen LogP contribution in [0, 0.1) is 0 Å². The highest BCUT2D eigenvalue weighted by Crippen LogP contribution is 2.33. The number of nitrogens with one attached hydrogen (secondary N) is 1. The van der Waals surface area contributed by atoms with Crippen molar-refractivity contribution in [2.24, 2.45) is 0 Å². The van der Waals surface area contributed by atoms with Crippen molar-refractivity contribution in [3.8, 4) is 0 Å². The Hall–Kier alpha value is -3.21. The van der Waals surface area contributed by atoms with Crippen LogP contribution in [0.1, 0.15) is 28.3 Å². The molecule has 0 bridgehead atoms. The third-order valence-corrected chi connectivity index (χ3v) is 6.06. The minimum atomic E-state index is -1.84. The molecule has 4 heteroatoms. The Morgan fingerprint density at radius 2 is 1.16 bits per heavy atom. The van der Waals surface area contributed by atoms with Crippen molar-refractivity contribution >= 4 is 21.8 Å². The average molecular weight is 472 g/mol. The van der Waals surface area contributed by atoms with Crippen molar-refractivity contribution < 1.29 is 9.90 Å². The van der Waals surface area contributed by atoms with Crippen LogP contribution in [0.5, 0.6) is 0 Å². The number of amides is 1. The number of rotatable bonds is 6. The summed E-state index contributed by atoms with van der Waals surface area (Å²) in [6, 6.07) is 35.1. The van der Waals surface area contributed by atoms with E-state index in [4.69, 9.17) is 0 Å². The lowest BCUT2D eigenvalue weighted by Crippen LogP contribution is -2.46. The molecule has 4 rings (SSSR count). The topological polar surface area (TPSA) is 49.3 Å². The maximum absolute atomic E-state index is 13.8. The van der Waals surface area contributed by atoms with E-state index in [1.807, 2.05) is 91.0 Å². The Balaban J connectivity index is 1.80. The lowest BCUT2D eigenvalue weighted by Gasteiger charge is -2.31. The van der Waals surface area contributed by atoms with Gasteiger partial charge >= 0.3 is 0 Å². The fraction of sp³-hybridized carbons (Fsp3) is 0.0741. The Labute approximate surface area is 190 Å². The Kier molecular flexibility index (Phi) is 6.31. The van der Waals surface area contributed by atoms with Crippen LogP contribution in [0.4, 0.5) is 0 Å². The van der Waals surface area contributed by atoms with Crippen molar-refractivity contribution in [1.82, 2.24) is 5.32 Å². The molecule has 0 aliphatic heterocycles. The van der Waals surface area contributed by atoms with Crippen molar-refractivity contribution in [2.75, 3.05) is 0 Å². The van der Waals surface area contributed by atoms with E-state index >= 15 is 0 Å². The first-order valence-electron chi connectivity index (χ1n) is 10.0. The van der Waals surface area contributed by atoms with Gasteiger partial charge in [-0.05, 0) is 28.3 Å². The third kappa shape index (κ3) is 4.31. The average Bonchev–Trinajstić information content (AvgIpc) is 2.84. The molecule has 0 saturated carbocycles. The van der Waals surface area contributed by atoms with Crippen LogP contribution in [0.25, 0.3) is 0 Å². The highest BCUT2D eigenvalue weighted by molar-refractivity contribution is 9.10. The zero-order chi connectivity index (χ0) is 21.7. The summed E-state index contributed by atoms with van der Waals surface area (Å²) in [5.74, 6) is -0.491. The maximum Gasteiger partial charge on any atom is 0.262 e.